The summed E-state index contributed by atoms with van der Waals surface area (Å²) >= 11 is 1.84. The predicted molar refractivity (Wildman–Crippen MR) is 59.5 cm³/mol. The highest BCUT2D eigenvalue weighted by Crippen LogP contribution is 2.45. The first-order valence-electron chi connectivity index (χ1n) is 5.31. The molecule has 0 bridgehead atoms. The second-order valence-electron chi connectivity index (χ2n) is 4.06. The van der Waals surface area contributed by atoms with Crippen LogP contribution in [0.1, 0.15) is 42.4 Å². The van der Waals surface area contributed by atoms with E-state index in [1.807, 2.05) is 11.3 Å². The zero-order valence-corrected chi connectivity index (χ0v) is 9.36. The lowest BCUT2D eigenvalue weighted by molar-refractivity contribution is 0.330. The highest BCUT2D eigenvalue weighted by Gasteiger charge is 2.40. The van der Waals surface area contributed by atoms with Crippen LogP contribution in [0.4, 0.5) is 0 Å². The van der Waals surface area contributed by atoms with Crippen molar-refractivity contribution in [1.82, 2.24) is 0 Å². The van der Waals surface area contributed by atoms with Gasteiger partial charge in [-0.25, -0.2) is 0 Å². The molecule has 14 heavy (non-hydrogen) atoms. The highest BCUT2D eigenvalue weighted by molar-refractivity contribution is 7.12. The molecule has 1 nitrogen and oxygen atoms in total. The van der Waals surface area contributed by atoms with Crippen LogP contribution in [0, 0.1) is 11.3 Å². The number of nitriles is 1. The van der Waals surface area contributed by atoms with Gasteiger partial charge in [0.05, 0.1) is 11.5 Å². The first-order valence-corrected chi connectivity index (χ1v) is 6.13. The van der Waals surface area contributed by atoms with Crippen LogP contribution in [0.25, 0.3) is 0 Å². The first kappa shape index (κ1) is 9.73. The highest BCUT2D eigenvalue weighted by atomic mass is 32.1. The minimum Gasteiger partial charge on any atom is -0.197 e. The Morgan fingerprint density at radius 3 is 2.79 bits per heavy atom. The van der Waals surface area contributed by atoms with Crippen LogP contribution in [0.3, 0.4) is 0 Å². The molecule has 0 amide bonds. The third-order valence-electron chi connectivity index (χ3n) is 3.05. The topological polar surface area (TPSA) is 23.8 Å². The van der Waals surface area contributed by atoms with E-state index in [1.165, 1.54) is 22.6 Å². The number of thiophene rings is 1. The molecule has 1 aromatic heterocycles. The lowest BCUT2D eigenvalue weighted by Gasteiger charge is -2.34. The van der Waals surface area contributed by atoms with Crippen LogP contribution < -0.4 is 0 Å². The fourth-order valence-corrected chi connectivity index (χ4v) is 3.27. The summed E-state index contributed by atoms with van der Waals surface area (Å²) in [6.07, 6.45) is 5.70. The molecule has 0 N–H and O–H groups in total. The summed E-state index contributed by atoms with van der Waals surface area (Å²) in [6, 6.07) is 6.86. The van der Waals surface area contributed by atoms with E-state index in [-0.39, 0.29) is 5.41 Å². The van der Waals surface area contributed by atoms with Gasteiger partial charge in [-0.3, -0.25) is 0 Å². The van der Waals surface area contributed by atoms with Crippen LogP contribution in [0.2, 0.25) is 0 Å². The van der Waals surface area contributed by atoms with E-state index >= 15 is 0 Å². The van der Waals surface area contributed by atoms with Crippen molar-refractivity contribution in [3.8, 4) is 6.07 Å². The molecular formula is C12H15NS. The van der Waals surface area contributed by atoms with Gasteiger partial charge in [0, 0.05) is 9.75 Å². The molecule has 0 aliphatic heterocycles. The molecule has 2 heteroatoms. The van der Waals surface area contributed by atoms with Crippen molar-refractivity contribution in [3.05, 3.63) is 21.9 Å². The fourth-order valence-electron chi connectivity index (χ4n) is 1.96. The Bertz CT molecular complexity index is 355. The molecule has 1 fully saturated rings. The van der Waals surface area contributed by atoms with Crippen molar-refractivity contribution in [3.63, 3.8) is 0 Å². The smallest absolute Gasteiger partial charge is 0.0914 e. The zero-order chi connectivity index (χ0) is 10.0. The lowest BCUT2D eigenvalue weighted by atomic mass is 9.69. The van der Waals surface area contributed by atoms with Crippen LogP contribution >= 0.6 is 11.3 Å². The lowest BCUT2D eigenvalue weighted by Crippen LogP contribution is -2.31. The van der Waals surface area contributed by atoms with E-state index < -0.39 is 0 Å². The Labute approximate surface area is 89.4 Å². The molecule has 1 heterocycles. The molecule has 0 unspecified atom stereocenters. The van der Waals surface area contributed by atoms with E-state index in [0.29, 0.717) is 0 Å². The maximum absolute atomic E-state index is 9.19. The summed E-state index contributed by atoms with van der Waals surface area (Å²) < 4.78 is 0. The zero-order valence-electron chi connectivity index (χ0n) is 8.55. The number of rotatable bonds is 3. The van der Waals surface area contributed by atoms with E-state index in [1.54, 1.807) is 0 Å². The third kappa shape index (κ3) is 1.46. The molecule has 0 spiro atoms. The van der Waals surface area contributed by atoms with Gasteiger partial charge in [0.2, 0.25) is 0 Å². The Hall–Kier alpha value is -0.810. The predicted octanol–water partition coefficient (Wildman–Crippen LogP) is 3.65. The maximum atomic E-state index is 9.19. The van der Waals surface area contributed by atoms with Crippen molar-refractivity contribution < 1.29 is 0 Å². The molecule has 74 valence electrons. The summed E-state index contributed by atoms with van der Waals surface area (Å²) in [7, 11) is 0. The van der Waals surface area contributed by atoms with E-state index in [4.69, 9.17) is 0 Å². The van der Waals surface area contributed by atoms with Gasteiger partial charge < -0.3 is 0 Å². The number of hydrogen-bond donors (Lipinski definition) is 0. The minimum absolute atomic E-state index is 0.101. The molecule has 1 saturated carbocycles. The number of aryl methyl sites for hydroxylation is 1. The average molecular weight is 205 g/mol. The molecule has 1 aliphatic carbocycles. The number of hydrogen-bond acceptors (Lipinski definition) is 2. The van der Waals surface area contributed by atoms with Crippen molar-refractivity contribution in [1.29, 1.82) is 5.26 Å². The van der Waals surface area contributed by atoms with Crippen molar-refractivity contribution >= 4 is 11.3 Å². The summed E-state index contributed by atoms with van der Waals surface area (Å²) in [4.78, 5) is 2.73. The Balaban J connectivity index is 2.20. The van der Waals surface area contributed by atoms with Gasteiger partial charge in [0.25, 0.3) is 0 Å². The SMILES string of the molecule is CCCc1ccc(C2(C#N)CCC2)s1. The average Bonchev–Trinajstić information content (AvgIpc) is 2.54. The van der Waals surface area contributed by atoms with Crippen molar-refractivity contribution in [2.24, 2.45) is 0 Å². The van der Waals surface area contributed by atoms with Gasteiger partial charge in [0.15, 0.2) is 0 Å². The van der Waals surface area contributed by atoms with Crippen molar-refractivity contribution in [2.45, 2.75) is 44.4 Å². The quantitative estimate of drug-likeness (QED) is 0.739. The molecule has 0 radical (unpaired) electrons. The largest absolute Gasteiger partial charge is 0.197 e. The van der Waals surface area contributed by atoms with Gasteiger partial charge in [-0.1, -0.05) is 13.3 Å². The monoisotopic (exact) mass is 205 g/mol. The first-order chi connectivity index (χ1) is 6.80. The second-order valence-corrected chi connectivity index (χ2v) is 5.23. The summed E-state index contributed by atoms with van der Waals surface area (Å²) in [6.45, 7) is 2.20. The Morgan fingerprint density at radius 1 is 1.50 bits per heavy atom. The Kier molecular flexibility index (Phi) is 2.60. The molecule has 1 aliphatic rings. The third-order valence-corrected chi connectivity index (χ3v) is 4.40. The van der Waals surface area contributed by atoms with Crippen LogP contribution in [0.15, 0.2) is 12.1 Å². The molecule has 0 aromatic carbocycles. The van der Waals surface area contributed by atoms with Gasteiger partial charge in [0.1, 0.15) is 0 Å². The standard InChI is InChI=1S/C12H15NS/c1-2-4-10-5-6-11(14-10)12(9-13)7-3-8-12/h5-6H,2-4,7-8H2,1H3. The molecule has 2 rings (SSSR count). The molecule has 1 aromatic rings. The van der Waals surface area contributed by atoms with Gasteiger partial charge in [-0.05, 0) is 37.8 Å². The van der Waals surface area contributed by atoms with E-state index in [2.05, 4.69) is 25.1 Å². The molecule has 0 saturated heterocycles. The van der Waals surface area contributed by atoms with Crippen LogP contribution in [-0.4, -0.2) is 0 Å². The number of nitrogens with zero attached hydrogens (tertiary/aromatic N) is 1. The fraction of sp³-hybridized carbons (Fsp3) is 0.583. The summed E-state index contributed by atoms with van der Waals surface area (Å²) in [5.74, 6) is 0. The van der Waals surface area contributed by atoms with Gasteiger partial charge in [-0.15, -0.1) is 11.3 Å². The minimum atomic E-state index is -0.101. The van der Waals surface area contributed by atoms with E-state index in [9.17, 15) is 5.26 Å². The van der Waals surface area contributed by atoms with E-state index in [0.717, 1.165) is 19.3 Å². The van der Waals surface area contributed by atoms with Gasteiger partial charge >= 0.3 is 0 Å². The van der Waals surface area contributed by atoms with Crippen molar-refractivity contribution in [2.75, 3.05) is 0 Å². The Morgan fingerprint density at radius 2 is 2.29 bits per heavy atom. The molecule has 0 atom stereocenters. The van der Waals surface area contributed by atoms with Crippen LogP contribution in [0.5, 0.6) is 0 Å². The van der Waals surface area contributed by atoms with Gasteiger partial charge in [-0.2, -0.15) is 5.26 Å². The van der Waals surface area contributed by atoms with Crippen LogP contribution in [-0.2, 0) is 11.8 Å². The second kappa shape index (κ2) is 3.74. The summed E-state index contributed by atoms with van der Waals surface area (Å²) in [5.41, 5.74) is -0.101. The maximum Gasteiger partial charge on any atom is 0.0914 e. The summed E-state index contributed by atoms with van der Waals surface area (Å²) in [5, 5.41) is 9.19. The normalized spacial score (nSPS) is 18.6. The molecular weight excluding hydrogens is 190 g/mol.